The number of anilines is 1. The number of hydrogen-bond acceptors (Lipinski definition) is 5. The van der Waals surface area contributed by atoms with Crippen LogP contribution in [0.15, 0.2) is 12.3 Å². The van der Waals surface area contributed by atoms with Crippen LogP contribution in [-0.4, -0.2) is 37.5 Å². The number of aromatic nitrogens is 2. The van der Waals surface area contributed by atoms with Crippen LogP contribution in [0.1, 0.15) is 12.5 Å². The highest BCUT2D eigenvalue weighted by atomic mass is 32.2. The quantitative estimate of drug-likeness (QED) is 0.743. The summed E-state index contributed by atoms with van der Waals surface area (Å²) in [5.41, 5.74) is 0.979. The van der Waals surface area contributed by atoms with E-state index in [0.29, 0.717) is 18.9 Å². The van der Waals surface area contributed by atoms with Crippen molar-refractivity contribution in [1.82, 2.24) is 14.9 Å². The van der Waals surface area contributed by atoms with E-state index >= 15 is 0 Å². The Bertz CT molecular complexity index is 433. The van der Waals surface area contributed by atoms with Crippen LogP contribution in [-0.2, 0) is 10.0 Å². The van der Waals surface area contributed by atoms with E-state index in [1.165, 1.54) is 0 Å². The minimum absolute atomic E-state index is 0.0243. The molecular weight excluding hydrogens is 228 g/mol. The Kier molecular flexibility index (Phi) is 4.63. The van der Waals surface area contributed by atoms with Gasteiger partial charge in [0.15, 0.2) is 0 Å². The lowest BCUT2D eigenvalue weighted by atomic mass is 10.3. The van der Waals surface area contributed by atoms with Crippen LogP contribution < -0.4 is 10.0 Å². The average Bonchev–Trinajstić information content (AvgIpc) is 2.17. The molecule has 0 saturated carbocycles. The molecule has 16 heavy (non-hydrogen) atoms. The maximum atomic E-state index is 11.3. The number of rotatable bonds is 6. The Morgan fingerprint density at radius 1 is 1.44 bits per heavy atom. The van der Waals surface area contributed by atoms with Gasteiger partial charge in [-0.3, -0.25) is 0 Å². The summed E-state index contributed by atoms with van der Waals surface area (Å²) in [5.74, 6) is 0.614. The zero-order valence-corrected chi connectivity index (χ0v) is 10.2. The molecule has 90 valence electrons. The molecule has 0 unspecified atom stereocenters. The van der Waals surface area contributed by atoms with Crippen molar-refractivity contribution < 1.29 is 8.42 Å². The van der Waals surface area contributed by atoms with Crippen molar-refractivity contribution in [2.75, 3.05) is 24.2 Å². The topological polar surface area (TPSA) is 84.0 Å². The summed E-state index contributed by atoms with van der Waals surface area (Å²) in [7, 11) is -3.17. The van der Waals surface area contributed by atoms with Crippen LogP contribution in [0.25, 0.3) is 0 Å². The second-order valence-corrected chi connectivity index (χ2v) is 5.29. The predicted molar refractivity (Wildman–Crippen MR) is 62.7 cm³/mol. The van der Waals surface area contributed by atoms with Crippen molar-refractivity contribution in [1.29, 1.82) is 0 Å². The highest BCUT2D eigenvalue weighted by Crippen LogP contribution is 2.02. The van der Waals surface area contributed by atoms with Crippen LogP contribution in [0.3, 0.4) is 0 Å². The second kappa shape index (κ2) is 5.76. The zero-order chi connectivity index (χ0) is 12.0. The number of sulfonamides is 1. The molecule has 0 aliphatic rings. The van der Waals surface area contributed by atoms with Gasteiger partial charge in [0.05, 0.1) is 11.9 Å². The van der Waals surface area contributed by atoms with Gasteiger partial charge in [0.2, 0.25) is 10.0 Å². The van der Waals surface area contributed by atoms with Crippen molar-refractivity contribution >= 4 is 15.8 Å². The molecule has 0 spiro atoms. The first-order valence-electron chi connectivity index (χ1n) is 5.04. The van der Waals surface area contributed by atoms with Gasteiger partial charge in [0.25, 0.3) is 0 Å². The Hall–Kier alpha value is -1.21. The maximum Gasteiger partial charge on any atom is 0.213 e. The lowest BCUT2D eigenvalue weighted by Gasteiger charge is -2.06. The summed E-state index contributed by atoms with van der Waals surface area (Å²) in [4.78, 5) is 0. The van der Waals surface area contributed by atoms with E-state index in [1.807, 2.05) is 13.0 Å². The molecule has 6 nitrogen and oxygen atoms in total. The summed E-state index contributed by atoms with van der Waals surface area (Å²) in [6.07, 6.45) is 1.64. The fraction of sp³-hybridized carbons (Fsp3) is 0.556. The molecule has 0 fully saturated rings. The Morgan fingerprint density at radius 3 is 2.81 bits per heavy atom. The maximum absolute atomic E-state index is 11.3. The molecule has 0 bridgehead atoms. The summed E-state index contributed by atoms with van der Waals surface area (Å²) in [6.45, 7) is 4.37. The fourth-order valence-corrected chi connectivity index (χ4v) is 2.11. The van der Waals surface area contributed by atoms with Gasteiger partial charge < -0.3 is 5.32 Å². The normalized spacial score (nSPS) is 11.4. The van der Waals surface area contributed by atoms with Gasteiger partial charge in [0.1, 0.15) is 5.82 Å². The Morgan fingerprint density at radius 2 is 2.19 bits per heavy atom. The number of hydrogen-bond donors (Lipinski definition) is 2. The van der Waals surface area contributed by atoms with Gasteiger partial charge in [-0.1, -0.05) is 6.92 Å². The molecule has 2 N–H and O–H groups in total. The Balaban J connectivity index is 2.42. The standard InChI is InChI=1S/C9H16N4O2S/c1-3-12-16(14,15)5-4-10-9-6-8(2)7-11-13-9/h6-7,12H,3-5H2,1-2H3,(H,10,13). The summed E-state index contributed by atoms with van der Waals surface area (Å²) in [5, 5.41) is 10.5. The number of aryl methyl sites for hydroxylation is 1. The fourth-order valence-electron chi connectivity index (χ4n) is 1.16. The van der Waals surface area contributed by atoms with Gasteiger partial charge in [-0.15, -0.1) is 5.10 Å². The van der Waals surface area contributed by atoms with E-state index in [2.05, 4.69) is 20.2 Å². The SMILES string of the molecule is CCNS(=O)(=O)CCNc1cc(C)cnn1. The second-order valence-electron chi connectivity index (χ2n) is 3.36. The minimum Gasteiger partial charge on any atom is -0.368 e. The number of nitrogens with zero attached hydrogens (tertiary/aromatic N) is 2. The van der Waals surface area contributed by atoms with Gasteiger partial charge >= 0.3 is 0 Å². The van der Waals surface area contributed by atoms with E-state index in [4.69, 9.17) is 0 Å². The van der Waals surface area contributed by atoms with Gasteiger partial charge in [-0.05, 0) is 18.6 Å². The molecule has 0 saturated heterocycles. The average molecular weight is 244 g/mol. The van der Waals surface area contributed by atoms with Crippen molar-refractivity contribution in [3.05, 3.63) is 17.8 Å². The molecule has 1 heterocycles. The molecule has 1 aromatic rings. The van der Waals surface area contributed by atoms with Crippen molar-refractivity contribution in [3.8, 4) is 0 Å². The lowest BCUT2D eigenvalue weighted by Crippen LogP contribution is -2.29. The molecule has 0 amide bonds. The first-order chi connectivity index (χ1) is 7.53. The first kappa shape index (κ1) is 12.9. The molecule has 1 aromatic heterocycles. The summed E-state index contributed by atoms with van der Waals surface area (Å²) in [6, 6.07) is 1.81. The van der Waals surface area contributed by atoms with E-state index in [9.17, 15) is 8.42 Å². The number of nitrogens with one attached hydrogen (secondary N) is 2. The van der Waals surface area contributed by atoms with Crippen LogP contribution in [0.2, 0.25) is 0 Å². The lowest BCUT2D eigenvalue weighted by molar-refractivity contribution is 0.584. The molecule has 0 radical (unpaired) electrons. The van der Waals surface area contributed by atoms with Gasteiger partial charge in [-0.2, -0.15) is 5.10 Å². The molecule has 0 aliphatic carbocycles. The molecule has 1 rings (SSSR count). The molecular formula is C9H16N4O2S. The monoisotopic (exact) mass is 244 g/mol. The predicted octanol–water partition coefficient (Wildman–Crippen LogP) is 0.136. The van der Waals surface area contributed by atoms with E-state index < -0.39 is 10.0 Å². The van der Waals surface area contributed by atoms with E-state index in [0.717, 1.165) is 5.56 Å². The van der Waals surface area contributed by atoms with Gasteiger partial charge in [-0.25, -0.2) is 13.1 Å². The molecule has 0 aromatic carbocycles. The third kappa shape index (κ3) is 4.54. The minimum atomic E-state index is -3.17. The zero-order valence-electron chi connectivity index (χ0n) is 9.40. The van der Waals surface area contributed by atoms with E-state index in [-0.39, 0.29) is 5.75 Å². The summed E-state index contributed by atoms with van der Waals surface area (Å²) < 4.78 is 25.0. The van der Waals surface area contributed by atoms with Crippen LogP contribution in [0, 0.1) is 6.92 Å². The smallest absolute Gasteiger partial charge is 0.213 e. The van der Waals surface area contributed by atoms with Crippen molar-refractivity contribution in [2.45, 2.75) is 13.8 Å². The molecule has 0 aliphatic heterocycles. The Labute approximate surface area is 95.5 Å². The molecule has 7 heteroatoms. The van der Waals surface area contributed by atoms with Crippen LogP contribution in [0.4, 0.5) is 5.82 Å². The molecule has 0 atom stereocenters. The highest BCUT2D eigenvalue weighted by molar-refractivity contribution is 7.89. The summed E-state index contributed by atoms with van der Waals surface area (Å²) >= 11 is 0. The first-order valence-corrected chi connectivity index (χ1v) is 6.69. The van der Waals surface area contributed by atoms with Crippen molar-refractivity contribution in [3.63, 3.8) is 0 Å². The van der Waals surface area contributed by atoms with Gasteiger partial charge in [0, 0.05) is 13.1 Å². The highest BCUT2D eigenvalue weighted by Gasteiger charge is 2.07. The van der Waals surface area contributed by atoms with Crippen LogP contribution in [0.5, 0.6) is 0 Å². The van der Waals surface area contributed by atoms with E-state index in [1.54, 1.807) is 13.1 Å². The third-order valence-corrected chi connectivity index (χ3v) is 3.30. The largest absolute Gasteiger partial charge is 0.368 e. The van der Waals surface area contributed by atoms with Crippen molar-refractivity contribution in [2.24, 2.45) is 0 Å². The van der Waals surface area contributed by atoms with Crippen LogP contribution >= 0.6 is 0 Å². The third-order valence-electron chi connectivity index (χ3n) is 1.83.